The van der Waals surface area contributed by atoms with E-state index in [9.17, 15) is 0 Å². The Hall–Kier alpha value is -1.65. The molecule has 0 aliphatic heterocycles. The minimum Gasteiger partial charge on any atom is -0.369 e. The van der Waals surface area contributed by atoms with E-state index in [-0.39, 0.29) is 18.4 Å². The van der Waals surface area contributed by atoms with Crippen molar-refractivity contribution in [2.75, 3.05) is 5.32 Å². The first-order valence-corrected chi connectivity index (χ1v) is 7.91. The van der Waals surface area contributed by atoms with Crippen LogP contribution >= 0.6 is 47.2 Å². The van der Waals surface area contributed by atoms with E-state index >= 15 is 0 Å². The number of guanidine groups is 1. The fraction of sp³-hybridized carbons (Fsp3) is 0. The number of hydrogen-bond donors (Lipinski definition) is 2. The van der Waals surface area contributed by atoms with Gasteiger partial charge in [0.15, 0.2) is 5.96 Å². The zero-order chi connectivity index (χ0) is 16.4. The van der Waals surface area contributed by atoms with Gasteiger partial charge in [-0.15, -0.1) is 12.4 Å². The Morgan fingerprint density at radius 1 is 0.875 bits per heavy atom. The molecule has 3 aromatic carbocycles. The van der Waals surface area contributed by atoms with E-state index in [2.05, 4.69) is 10.3 Å². The van der Waals surface area contributed by atoms with Crippen molar-refractivity contribution in [3.05, 3.63) is 69.7 Å². The second-order valence-electron chi connectivity index (χ2n) is 4.87. The predicted octanol–water partition coefficient (Wildman–Crippen LogP) is 6.28. The minimum absolute atomic E-state index is 0. The number of halogens is 4. The van der Waals surface area contributed by atoms with Crippen LogP contribution < -0.4 is 11.1 Å². The number of fused-ring (bicyclic) bond motifs is 1. The third-order valence-electron chi connectivity index (χ3n) is 3.28. The van der Waals surface area contributed by atoms with Gasteiger partial charge >= 0.3 is 0 Å². The summed E-state index contributed by atoms with van der Waals surface area (Å²) in [5.41, 5.74) is 7.30. The highest BCUT2D eigenvalue weighted by atomic mass is 35.5. The topological polar surface area (TPSA) is 50.4 Å². The molecule has 3 N–H and O–H groups in total. The molecule has 0 fully saturated rings. The average molecular weight is 401 g/mol. The molecule has 0 amide bonds. The molecule has 0 unspecified atom stereocenters. The maximum absolute atomic E-state index is 6.13. The highest BCUT2D eigenvalue weighted by Gasteiger charge is 2.07. The number of nitrogens with one attached hydrogen (secondary N) is 1. The van der Waals surface area contributed by atoms with Crippen LogP contribution in [0.15, 0.2) is 59.6 Å². The summed E-state index contributed by atoms with van der Waals surface area (Å²) in [4.78, 5) is 4.42. The Labute approximate surface area is 160 Å². The molecule has 0 radical (unpaired) electrons. The van der Waals surface area contributed by atoms with Gasteiger partial charge in [0.05, 0.1) is 26.4 Å². The third-order valence-corrected chi connectivity index (χ3v) is 4.32. The zero-order valence-corrected chi connectivity index (χ0v) is 15.3. The lowest BCUT2D eigenvalue weighted by Crippen LogP contribution is -2.22. The summed E-state index contributed by atoms with van der Waals surface area (Å²) in [6.45, 7) is 0. The zero-order valence-electron chi connectivity index (χ0n) is 12.3. The Bertz CT molecular complexity index is 904. The van der Waals surface area contributed by atoms with E-state index in [0.29, 0.717) is 20.8 Å². The molecule has 0 atom stereocenters. The standard InChI is InChI=1S/C17H12Cl3N3.ClH/c18-12-8-14(20)16(9-13(12)19)23-17(21)22-15-7-3-5-10-4-1-2-6-11(10)15;/h1-9H,(H3,21,22,23);1H. The van der Waals surface area contributed by atoms with Crippen LogP contribution in [0.3, 0.4) is 0 Å². The number of aliphatic imine (C=N–C) groups is 1. The maximum atomic E-state index is 6.13. The molecular formula is C17H13Cl4N3. The van der Waals surface area contributed by atoms with Gasteiger partial charge in [0, 0.05) is 5.39 Å². The normalized spacial score (nSPS) is 11.2. The lowest BCUT2D eigenvalue weighted by Gasteiger charge is -2.10. The summed E-state index contributed by atoms with van der Waals surface area (Å²) in [6.07, 6.45) is 0. The van der Waals surface area contributed by atoms with Crippen LogP contribution in [0.1, 0.15) is 0 Å². The van der Waals surface area contributed by atoms with E-state index in [1.54, 1.807) is 12.1 Å². The Morgan fingerprint density at radius 3 is 2.33 bits per heavy atom. The van der Waals surface area contributed by atoms with Gasteiger partial charge in [0.2, 0.25) is 0 Å². The Kier molecular flexibility index (Phi) is 6.19. The van der Waals surface area contributed by atoms with Crippen LogP contribution in [-0.4, -0.2) is 5.96 Å². The van der Waals surface area contributed by atoms with Crippen LogP contribution in [0.4, 0.5) is 11.4 Å². The molecule has 0 spiro atoms. The number of anilines is 1. The van der Waals surface area contributed by atoms with Crippen molar-refractivity contribution in [2.24, 2.45) is 10.7 Å². The SMILES string of the molecule is Cl.NC(=Nc1cccc2ccccc12)Nc1cc(Cl)c(Cl)cc1Cl. The Morgan fingerprint density at radius 2 is 1.54 bits per heavy atom. The first-order chi connectivity index (χ1) is 11.0. The van der Waals surface area contributed by atoms with Gasteiger partial charge in [-0.1, -0.05) is 71.2 Å². The van der Waals surface area contributed by atoms with Crippen LogP contribution in [0.2, 0.25) is 15.1 Å². The van der Waals surface area contributed by atoms with Crippen LogP contribution in [0, 0.1) is 0 Å². The van der Waals surface area contributed by atoms with Crippen LogP contribution in [0.25, 0.3) is 10.8 Å². The largest absolute Gasteiger partial charge is 0.369 e. The monoisotopic (exact) mass is 399 g/mol. The summed E-state index contributed by atoms with van der Waals surface area (Å²) < 4.78 is 0. The molecular weight excluding hydrogens is 388 g/mol. The van der Waals surface area contributed by atoms with E-state index in [1.807, 2.05) is 42.5 Å². The van der Waals surface area contributed by atoms with Crippen molar-refractivity contribution in [3.63, 3.8) is 0 Å². The fourth-order valence-corrected chi connectivity index (χ4v) is 2.81. The average Bonchev–Trinajstić information content (AvgIpc) is 2.53. The van der Waals surface area contributed by atoms with E-state index in [4.69, 9.17) is 40.5 Å². The molecule has 0 aromatic heterocycles. The molecule has 3 nitrogen and oxygen atoms in total. The van der Waals surface area contributed by atoms with Gasteiger partial charge < -0.3 is 11.1 Å². The number of nitrogens with zero attached hydrogens (tertiary/aromatic N) is 1. The quantitative estimate of drug-likeness (QED) is 0.302. The third kappa shape index (κ3) is 4.05. The Balaban J connectivity index is 0.00000208. The minimum atomic E-state index is 0. The predicted molar refractivity (Wildman–Crippen MR) is 108 cm³/mol. The highest BCUT2D eigenvalue weighted by molar-refractivity contribution is 6.44. The first kappa shape index (κ1) is 18.7. The van der Waals surface area contributed by atoms with E-state index < -0.39 is 0 Å². The molecule has 0 aliphatic carbocycles. The van der Waals surface area contributed by atoms with Gasteiger partial charge in [-0.05, 0) is 23.6 Å². The number of nitrogens with two attached hydrogens (primary N) is 1. The van der Waals surface area contributed by atoms with Crippen molar-refractivity contribution in [1.29, 1.82) is 0 Å². The molecule has 0 aliphatic rings. The number of hydrogen-bond acceptors (Lipinski definition) is 1. The summed E-state index contributed by atoms with van der Waals surface area (Å²) >= 11 is 18.0. The van der Waals surface area contributed by atoms with Crippen LogP contribution in [-0.2, 0) is 0 Å². The molecule has 0 heterocycles. The second kappa shape index (κ2) is 7.95. The summed E-state index contributed by atoms with van der Waals surface area (Å²) in [5.74, 6) is 0.210. The van der Waals surface area contributed by atoms with Crippen molar-refractivity contribution in [2.45, 2.75) is 0 Å². The molecule has 0 bridgehead atoms. The van der Waals surface area contributed by atoms with E-state index in [1.165, 1.54) is 0 Å². The van der Waals surface area contributed by atoms with Crippen molar-refractivity contribution in [3.8, 4) is 0 Å². The smallest absolute Gasteiger partial charge is 0.198 e. The first-order valence-electron chi connectivity index (χ1n) is 6.78. The van der Waals surface area contributed by atoms with Crippen molar-refractivity contribution >= 4 is 75.3 Å². The van der Waals surface area contributed by atoms with Gasteiger partial charge in [-0.2, -0.15) is 0 Å². The van der Waals surface area contributed by atoms with Crippen LogP contribution in [0.5, 0.6) is 0 Å². The van der Waals surface area contributed by atoms with Crippen molar-refractivity contribution in [1.82, 2.24) is 0 Å². The summed E-state index contributed by atoms with van der Waals surface area (Å²) in [7, 11) is 0. The summed E-state index contributed by atoms with van der Waals surface area (Å²) in [5, 5.41) is 6.23. The number of benzene rings is 3. The maximum Gasteiger partial charge on any atom is 0.198 e. The molecule has 0 saturated carbocycles. The summed E-state index contributed by atoms with van der Waals surface area (Å²) in [6, 6.07) is 17.0. The fourth-order valence-electron chi connectivity index (χ4n) is 2.22. The van der Waals surface area contributed by atoms with Gasteiger partial charge in [-0.25, -0.2) is 4.99 Å². The van der Waals surface area contributed by atoms with Gasteiger partial charge in [-0.3, -0.25) is 0 Å². The van der Waals surface area contributed by atoms with Crippen molar-refractivity contribution < 1.29 is 0 Å². The molecule has 3 rings (SSSR count). The molecule has 0 saturated heterocycles. The molecule has 24 heavy (non-hydrogen) atoms. The highest BCUT2D eigenvalue weighted by Crippen LogP contribution is 2.32. The lowest BCUT2D eigenvalue weighted by molar-refractivity contribution is 1.46. The molecule has 124 valence electrons. The second-order valence-corrected chi connectivity index (χ2v) is 6.09. The van der Waals surface area contributed by atoms with Gasteiger partial charge in [0.25, 0.3) is 0 Å². The van der Waals surface area contributed by atoms with E-state index in [0.717, 1.165) is 16.5 Å². The lowest BCUT2D eigenvalue weighted by atomic mass is 10.1. The van der Waals surface area contributed by atoms with Gasteiger partial charge in [0.1, 0.15) is 0 Å². The molecule has 3 aromatic rings. The molecule has 7 heteroatoms. The number of rotatable bonds is 2.